The van der Waals surface area contributed by atoms with Crippen LogP contribution in [0.25, 0.3) is 0 Å². The first kappa shape index (κ1) is 16.8. The molecule has 2 rings (SSSR count). The molecule has 0 heterocycles. The molecule has 4 nitrogen and oxygen atoms in total. The normalized spacial score (nSPS) is 32.6. The van der Waals surface area contributed by atoms with Crippen molar-refractivity contribution in [1.82, 2.24) is 5.32 Å². The summed E-state index contributed by atoms with van der Waals surface area (Å²) in [6, 6.07) is 0.359. The molecule has 0 bridgehead atoms. The monoisotopic (exact) mass is 296 g/mol. The van der Waals surface area contributed by atoms with Gasteiger partial charge in [-0.25, -0.2) is 0 Å². The Kier molecular flexibility index (Phi) is 6.06. The molecule has 0 radical (unpaired) electrons. The maximum absolute atomic E-state index is 12.3. The van der Waals surface area contributed by atoms with E-state index in [1.54, 1.807) is 0 Å². The molecule has 0 spiro atoms. The highest BCUT2D eigenvalue weighted by Crippen LogP contribution is 2.40. The van der Waals surface area contributed by atoms with Gasteiger partial charge in [-0.05, 0) is 43.9 Å². The van der Waals surface area contributed by atoms with Crippen molar-refractivity contribution in [3.8, 4) is 0 Å². The summed E-state index contributed by atoms with van der Waals surface area (Å²) in [5.41, 5.74) is 6.03. The Hall–Kier alpha value is -0.610. The van der Waals surface area contributed by atoms with Gasteiger partial charge in [0.05, 0.1) is 12.7 Å². The lowest BCUT2D eigenvalue weighted by Crippen LogP contribution is -2.42. The molecule has 3 N–H and O–H groups in total. The summed E-state index contributed by atoms with van der Waals surface area (Å²) in [6.45, 7) is 5.70. The van der Waals surface area contributed by atoms with Crippen molar-refractivity contribution in [3.63, 3.8) is 0 Å². The molecular formula is C17H32N2O2. The van der Waals surface area contributed by atoms with Gasteiger partial charge in [0.1, 0.15) is 0 Å². The number of ether oxygens (including phenoxy) is 1. The Morgan fingerprint density at radius 1 is 1.19 bits per heavy atom. The van der Waals surface area contributed by atoms with Crippen molar-refractivity contribution in [2.24, 2.45) is 17.1 Å². The van der Waals surface area contributed by atoms with Gasteiger partial charge in [0.15, 0.2) is 0 Å². The van der Waals surface area contributed by atoms with Gasteiger partial charge in [0.2, 0.25) is 5.91 Å². The summed E-state index contributed by atoms with van der Waals surface area (Å²) in [5.74, 6) is 0.382. The lowest BCUT2D eigenvalue weighted by atomic mass is 9.68. The number of rotatable bonds is 5. The van der Waals surface area contributed by atoms with Crippen LogP contribution in [-0.2, 0) is 9.53 Å². The standard InChI is InChI=1S/C17H32N2O2/c1-17(2)10-4-3-5-15(17)16(20)19-11-12-21-14-8-6-13(18)7-9-14/h13-15H,3-12,18H2,1-2H3,(H,19,20). The van der Waals surface area contributed by atoms with E-state index >= 15 is 0 Å². The fraction of sp³-hybridized carbons (Fsp3) is 0.941. The molecule has 2 aliphatic rings. The summed E-state index contributed by atoms with van der Waals surface area (Å²) in [5, 5.41) is 3.07. The van der Waals surface area contributed by atoms with Gasteiger partial charge in [-0.3, -0.25) is 4.79 Å². The van der Waals surface area contributed by atoms with Gasteiger partial charge in [0, 0.05) is 18.5 Å². The van der Waals surface area contributed by atoms with Crippen LogP contribution in [0.5, 0.6) is 0 Å². The SMILES string of the molecule is CC1(C)CCCCC1C(=O)NCCOC1CCC(N)CC1. The first-order valence-electron chi connectivity index (χ1n) is 8.64. The number of nitrogens with two attached hydrogens (primary N) is 1. The second kappa shape index (κ2) is 7.59. The van der Waals surface area contributed by atoms with Gasteiger partial charge in [-0.2, -0.15) is 0 Å². The molecule has 0 aromatic rings. The topological polar surface area (TPSA) is 64.3 Å². The summed E-state index contributed by atoms with van der Waals surface area (Å²) >= 11 is 0. The van der Waals surface area contributed by atoms with Crippen molar-refractivity contribution >= 4 is 5.91 Å². The van der Waals surface area contributed by atoms with Crippen LogP contribution >= 0.6 is 0 Å². The van der Waals surface area contributed by atoms with Crippen LogP contribution in [0.2, 0.25) is 0 Å². The Morgan fingerprint density at radius 2 is 1.90 bits per heavy atom. The van der Waals surface area contributed by atoms with E-state index in [1.165, 1.54) is 12.8 Å². The first-order valence-corrected chi connectivity index (χ1v) is 8.64. The molecule has 0 aliphatic heterocycles. The van der Waals surface area contributed by atoms with Crippen molar-refractivity contribution < 1.29 is 9.53 Å². The minimum absolute atomic E-state index is 0.142. The largest absolute Gasteiger partial charge is 0.376 e. The van der Waals surface area contributed by atoms with Crippen LogP contribution in [0, 0.1) is 11.3 Å². The first-order chi connectivity index (χ1) is 9.99. The van der Waals surface area contributed by atoms with Gasteiger partial charge in [-0.15, -0.1) is 0 Å². The number of nitrogens with one attached hydrogen (secondary N) is 1. The van der Waals surface area contributed by atoms with Crippen LogP contribution in [0.1, 0.15) is 65.2 Å². The number of amides is 1. The van der Waals surface area contributed by atoms with E-state index in [2.05, 4.69) is 19.2 Å². The summed E-state index contributed by atoms with van der Waals surface area (Å²) in [7, 11) is 0. The Bertz CT molecular complexity index is 336. The summed E-state index contributed by atoms with van der Waals surface area (Å²) in [6.07, 6.45) is 9.21. The minimum Gasteiger partial charge on any atom is -0.376 e. The third-order valence-corrected chi connectivity index (χ3v) is 5.30. The second-order valence-corrected chi connectivity index (χ2v) is 7.49. The number of carbonyl (C=O) groups is 1. The molecule has 1 unspecified atom stereocenters. The zero-order valence-electron chi connectivity index (χ0n) is 13.7. The molecule has 21 heavy (non-hydrogen) atoms. The third kappa shape index (κ3) is 4.96. The molecule has 1 atom stereocenters. The molecule has 0 aromatic heterocycles. The molecule has 0 saturated heterocycles. The highest BCUT2D eigenvalue weighted by atomic mass is 16.5. The quantitative estimate of drug-likeness (QED) is 0.767. The predicted octanol–water partition coefficient (Wildman–Crippen LogP) is 2.61. The Morgan fingerprint density at radius 3 is 2.57 bits per heavy atom. The summed E-state index contributed by atoms with van der Waals surface area (Å²) in [4.78, 5) is 12.3. The van der Waals surface area contributed by atoms with Crippen LogP contribution in [0.4, 0.5) is 0 Å². The van der Waals surface area contributed by atoms with Crippen molar-refractivity contribution in [2.75, 3.05) is 13.2 Å². The maximum Gasteiger partial charge on any atom is 0.223 e. The van der Waals surface area contributed by atoms with Gasteiger partial charge in [-0.1, -0.05) is 26.7 Å². The van der Waals surface area contributed by atoms with E-state index in [0.717, 1.165) is 38.5 Å². The van der Waals surface area contributed by atoms with E-state index < -0.39 is 0 Å². The van der Waals surface area contributed by atoms with Crippen LogP contribution in [0.3, 0.4) is 0 Å². The average Bonchev–Trinajstić information content (AvgIpc) is 2.45. The lowest BCUT2D eigenvalue weighted by molar-refractivity contribution is -0.130. The smallest absolute Gasteiger partial charge is 0.223 e. The van der Waals surface area contributed by atoms with Gasteiger partial charge >= 0.3 is 0 Å². The Labute approximate surface area is 129 Å². The molecule has 0 aromatic carbocycles. The van der Waals surface area contributed by atoms with Crippen molar-refractivity contribution in [2.45, 2.75) is 77.4 Å². The molecule has 2 saturated carbocycles. The molecular weight excluding hydrogens is 264 g/mol. The lowest BCUT2D eigenvalue weighted by Gasteiger charge is -2.37. The molecule has 4 heteroatoms. The van der Waals surface area contributed by atoms with E-state index in [4.69, 9.17) is 10.5 Å². The molecule has 2 fully saturated rings. The number of hydrogen-bond donors (Lipinski definition) is 2. The highest BCUT2D eigenvalue weighted by Gasteiger charge is 2.36. The average molecular weight is 296 g/mol. The third-order valence-electron chi connectivity index (χ3n) is 5.30. The van der Waals surface area contributed by atoms with E-state index in [0.29, 0.717) is 25.3 Å². The van der Waals surface area contributed by atoms with Crippen molar-refractivity contribution in [1.29, 1.82) is 0 Å². The van der Waals surface area contributed by atoms with Gasteiger partial charge < -0.3 is 15.8 Å². The zero-order valence-corrected chi connectivity index (χ0v) is 13.7. The molecule has 2 aliphatic carbocycles. The van der Waals surface area contributed by atoms with Crippen LogP contribution < -0.4 is 11.1 Å². The minimum atomic E-state index is 0.142. The Balaban J connectivity index is 1.63. The highest BCUT2D eigenvalue weighted by molar-refractivity contribution is 5.79. The van der Waals surface area contributed by atoms with Crippen LogP contribution in [-0.4, -0.2) is 31.2 Å². The molecule has 1 amide bonds. The fourth-order valence-electron chi connectivity index (χ4n) is 3.76. The summed E-state index contributed by atoms with van der Waals surface area (Å²) < 4.78 is 5.85. The predicted molar refractivity (Wildman–Crippen MR) is 84.9 cm³/mol. The van der Waals surface area contributed by atoms with Crippen molar-refractivity contribution in [3.05, 3.63) is 0 Å². The maximum atomic E-state index is 12.3. The number of hydrogen-bond acceptors (Lipinski definition) is 3. The fourth-order valence-corrected chi connectivity index (χ4v) is 3.76. The number of carbonyl (C=O) groups excluding carboxylic acids is 1. The van der Waals surface area contributed by atoms with E-state index in [-0.39, 0.29) is 17.2 Å². The second-order valence-electron chi connectivity index (χ2n) is 7.49. The van der Waals surface area contributed by atoms with Gasteiger partial charge in [0.25, 0.3) is 0 Å². The van der Waals surface area contributed by atoms with E-state index in [9.17, 15) is 4.79 Å². The van der Waals surface area contributed by atoms with Crippen LogP contribution in [0.15, 0.2) is 0 Å². The van der Waals surface area contributed by atoms with E-state index in [1.807, 2.05) is 0 Å². The zero-order chi connectivity index (χ0) is 15.3. The molecule has 122 valence electrons.